The second-order valence-corrected chi connectivity index (χ2v) is 12.3. The summed E-state index contributed by atoms with van der Waals surface area (Å²) < 4.78 is 46.2. The molecule has 1 unspecified atom stereocenters. The number of halogens is 1. The fourth-order valence-corrected chi connectivity index (χ4v) is 6.73. The van der Waals surface area contributed by atoms with E-state index in [0.29, 0.717) is 19.4 Å². The highest BCUT2D eigenvalue weighted by Crippen LogP contribution is 2.36. The van der Waals surface area contributed by atoms with Crippen LogP contribution in [-0.4, -0.2) is 89.8 Å². The predicted molar refractivity (Wildman–Crippen MR) is 128 cm³/mol. The maximum Gasteiger partial charge on any atom is 0.408 e. The monoisotopic (exact) mass is 535 g/mol. The number of likely N-dealkylation sites (tertiary alicyclic amines) is 2. The van der Waals surface area contributed by atoms with Crippen molar-refractivity contribution in [1.29, 1.82) is 5.26 Å². The lowest BCUT2D eigenvalue weighted by molar-refractivity contribution is -0.138. The first kappa shape index (κ1) is 26.8. The fraction of sp³-hybridized carbons (Fsp3) is 0.583. The number of carbonyl (C=O) groups is 3. The molecule has 3 aliphatic rings. The van der Waals surface area contributed by atoms with Crippen LogP contribution in [0.4, 0.5) is 9.18 Å². The van der Waals surface area contributed by atoms with E-state index in [2.05, 4.69) is 11.4 Å². The first-order valence-corrected chi connectivity index (χ1v) is 13.5. The topological polar surface area (TPSA) is 140 Å². The Morgan fingerprint density at radius 3 is 2.68 bits per heavy atom. The Hall–Kier alpha value is -3.24. The number of piperazine rings is 1. The van der Waals surface area contributed by atoms with Crippen molar-refractivity contribution in [2.75, 3.05) is 19.6 Å². The minimum atomic E-state index is -4.11. The number of nitrogens with zero attached hydrogens (tertiary/aromatic N) is 4. The molecule has 0 radical (unpaired) electrons. The van der Waals surface area contributed by atoms with Crippen LogP contribution in [0.1, 0.15) is 40.0 Å². The zero-order valence-corrected chi connectivity index (χ0v) is 21.7. The van der Waals surface area contributed by atoms with Gasteiger partial charge in [0.25, 0.3) is 0 Å². The fourth-order valence-electron chi connectivity index (χ4n) is 5.07. The van der Waals surface area contributed by atoms with Crippen LogP contribution in [0.15, 0.2) is 29.2 Å². The standard InChI is InChI=1S/C24H30FN5O6S/c1-24(2,3)36-23(33)27-19(21(31)28-9-5-7-16(28)12-26)14-29-17-11-20(22(29)32)30(13-17)37(34,35)18-8-4-6-15(25)10-18/h4,6,8,10,16-17,19-20H,5,7,9,11,13-14H2,1-3H3,(H,27,33)/t16?,17-,19-,20-/m0/s1. The molecule has 3 aliphatic heterocycles. The van der Waals surface area contributed by atoms with Gasteiger partial charge in [-0.25, -0.2) is 17.6 Å². The number of ether oxygens (including phenoxy) is 1. The Balaban J connectivity index is 1.52. The van der Waals surface area contributed by atoms with Crippen LogP contribution in [0, 0.1) is 17.1 Å². The molecule has 0 aromatic heterocycles. The third kappa shape index (κ3) is 5.40. The largest absolute Gasteiger partial charge is 0.444 e. The van der Waals surface area contributed by atoms with Crippen molar-refractivity contribution in [2.24, 2.45) is 0 Å². The molecule has 3 amide bonds. The minimum absolute atomic E-state index is 0.0207. The van der Waals surface area contributed by atoms with Gasteiger partial charge in [0.1, 0.15) is 29.5 Å². The summed E-state index contributed by atoms with van der Waals surface area (Å²) >= 11 is 0. The van der Waals surface area contributed by atoms with Gasteiger partial charge in [0.15, 0.2) is 0 Å². The number of hydrogen-bond acceptors (Lipinski definition) is 7. The SMILES string of the molecule is CC(C)(C)OC(=O)N[C@@H](CN1C(=O)[C@@H]2C[C@H]1CN2S(=O)(=O)c1cccc(F)c1)C(=O)N1CCCC1C#N. The highest BCUT2D eigenvalue weighted by atomic mass is 32.2. The van der Waals surface area contributed by atoms with Crippen LogP contribution in [-0.2, 0) is 24.3 Å². The molecule has 11 nitrogen and oxygen atoms in total. The lowest BCUT2D eigenvalue weighted by atomic mass is 10.1. The van der Waals surface area contributed by atoms with Gasteiger partial charge < -0.3 is 19.9 Å². The van der Waals surface area contributed by atoms with Crippen molar-refractivity contribution in [3.63, 3.8) is 0 Å². The molecule has 0 aliphatic carbocycles. The Kier molecular flexibility index (Phi) is 7.18. The molecule has 3 heterocycles. The predicted octanol–water partition coefficient (Wildman–Crippen LogP) is 1.21. The van der Waals surface area contributed by atoms with Crippen molar-refractivity contribution >= 4 is 27.9 Å². The zero-order valence-electron chi connectivity index (χ0n) is 20.9. The molecule has 200 valence electrons. The quantitative estimate of drug-likeness (QED) is 0.577. The van der Waals surface area contributed by atoms with Gasteiger partial charge in [-0.15, -0.1) is 0 Å². The lowest BCUT2D eigenvalue weighted by Crippen LogP contribution is -2.59. The molecule has 13 heteroatoms. The number of carbonyl (C=O) groups excluding carboxylic acids is 3. The van der Waals surface area contributed by atoms with Gasteiger partial charge >= 0.3 is 6.09 Å². The number of hydrogen-bond donors (Lipinski definition) is 1. The lowest BCUT2D eigenvalue weighted by Gasteiger charge is -2.36. The average molecular weight is 536 g/mol. The molecule has 0 saturated carbocycles. The van der Waals surface area contributed by atoms with Gasteiger partial charge in [-0.2, -0.15) is 9.57 Å². The van der Waals surface area contributed by atoms with Gasteiger partial charge in [-0.05, 0) is 58.2 Å². The zero-order chi connectivity index (χ0) is 27.1. The summed E-state index contributed by atoms with van der Waals surface area (Å²) in [7, 11) is -4.11. The van der Waals surface area contributed by atoms with E-state index in [1.54, 1.807) is 20.8 Å². The van der Waals surface area contributed by atoms with Crippen LogP contribution in [0.3, 0.4) is 0 Å². The Bertz CT molecular complexity index is 1240. The summed E-state index contributed by atoms with van der Waals surface area (Å²) in [5.74, 6) is -1.71. The maximum absolute atomic E-state index is 13.7. The van der Waals surface area contributed by atoms with E-state index in [4.69, 9.17) is 4.74 Å². The number of rotatable bonds is 6. The average Bonchev–Trinajstić information content (AvgIpc) is 3.53. The molecular formula is C24H30FN5O6S. The normalized spacial score (nSPS) is 24.7. The Labute approximate surface area is 215 Å². The van der Waals surface area contributed by atoms with E-state index in [9.17, 15) is 32.5 Å². The van der Waals surface area contributed by atoms with Crippen LogP contribution in [0.25, 0.3) is 0 Å². The van der Waals surface area contributed by atoms with Crippen molar-refractivity contribution in [2.45, 2.75) is 74.7 Å². The van der Waals surface area contributed by atoms with Crippen LogP contribution in [0.2, 0.25) is 0 Å². The highest BCUT2D eigenvalue weighted by molar-refractivity contribution is 7.89. The van der Waals surface area contributed by atoms with Gasteiger partial charge in [0.2, 0.25) is 21.8 Å². The summed E-state index contributed by atoms with van der Waals surface area (Å²) in [6.07, 6.45) is 0.529. The van der Waals surface area contributed by atoms with E-state index in [-0.39, 0.29) is 24.4 Å². The smallest absolute Gasteiger partial charge is 0.408 e. The van der Waals surface area contributed by atoms with Crippen LogP contribution >= 0.6 is 0 Å². The summed E-state index contributed by atoms with van der Waals surface area (Å²) in [5, 5.41) is 12.0. The van der Waals surface area contributed by atoms with E-state index in [1.165, 1.54) is 21.9 Å². The summed E-state index contributed by atoms with van der Waals surface area (Å²) in [5.41, 5.74) is -0.825. The van der Waals surface area contributed by atoms with Gasteiger partial charge in [-0.1, -0.05) is 6.07 Å². The van der Waals surface area contributed by atoms with Gasteiger partial charge in [0, 0.05) is 19.1 Å². The molecule has 4 rings (SSSR count). The van der Waals surface area contributed by atoms with Gasteiger partial charge in [0.05, 0.1) is 17.5 Å². The number of nitrogens with one attached hydrogen (secondary N) is 1. The molecule has 3 saturated heterocycles. The number of nitriles is 1. The first-order valence-electron chi connectivity index (χ1n) is 12.1. The number of amides is 3. The van der Waals surface area contributed by atoms with Crippen molar-refractivity contribution in [1.82, 2.24) is 19.4 Å². The van der Waals surface area contributed by atoms with Crippen molar-refractivity contribution in [3.8, 4) is 6.07 Å². The van der Waals surface area contributed by atoms with Crippen LogP contribution < -0.4 is 5.32 Å². The highest BCUT2D eigenvalue weighted by Gasteiger charge is 2.54. The van der Waals surface area contributed by atoms with Crippen LogP contribution in [0.5, 0.6) is 0 Å². The van der Waals surface area contributed by atoms with Gasteiger partial charge in [-0.3, -0.25) is 9.59 Å². The minimum Gasteiger partial charge on any atom is -0.444 e. The number of fused-ring (bicyclic) bond motifs is 2. The second-order valence-electron chi connectivity index (χ2n) is 10.4. The number of alkyl carbamates (subject to hydrolysis) is 1. The molecule has 1 N–H and O–H groups in total. The molecule has 2 bridgehead atoms. The number of sulfonamides is 1. The Morgan fingerprint density at radius 2 is 2.05 bits per heavy atom. The maximum atomic E-state index is 13.7. The second kappa shape index (κ2) is 9.90. The number of benzene rings is 1. The van der Waals surface area contributed by atoms with Crippen molar-refractivity contribution < 1.29 is 31.9 Å². The molecule has 4 atom stereocenters. The molecule has 1 aromatic rings. The van der Waals surface area contributed by atoms with E-state index in [1.807, 2.05) is 0 Å². The van der Waals surface area contributed by atoms with E-state index in [0.717, 1.165) is 16.4 Å². The summed E-state index contributed by atoms with van der Waals surface area (Å²) in [4.78, 5) is 41.7. The summed E-state index contributed by atoms with van der Waals surface area (Å²) in [6, 6.07) is 3.36. The summed E-state index contributed by atoms with van der Waals surface area (Å²) in [6.45, 7) is 5.15. The molecule has 0 spiro atoms. The third-order valence-corrected chi connectivity index (χ3v) is 8.57. The first-order chi connectivity index (χ1) is 17.3. The van der Waals surface area contributed by atoms with E-state index >= 15 is 0 Å². The molecule has 3 fully saturated rings. The Morgan fingerprint density at radius 1 is 1.32 bits per heavy atom. The van der Waals surface area contributed by atoms with E-state index < -0.39 is 63.5 Å². The molecule has 1 aromatic carbocycles. The third-order valence-electron chi connectivity index (χ3n) is 6.70. The molecular weight excluding hydrogens is 505 g/mol. The van der Waals surface area contributed by atoms with Crippen molar-refractivity contribution in [3.05, 3.63) is 30.1 Å². The molecule has 37 heavy (non-hydrogen) atoms.